The van der Waals surface area contributed by atoms with Crippen LogP contribution in [0.3, 0.4) is 0 Å². The number of rotatable bonds is 2. The SMILES string of the molecule is c1ccc2c(c1)nc1n(-c3cccc4c3sc3ccccc34)c3nc4ccccc4n3c3cc(-n4c5ccccc5c5ccccc54)ccc3n21. The van der Waals surface area contributed by atoms with Crippen LogP contribution < -0.4 is 0 Å². The van der Waals surface area contributed by atoms with Crippen LogP contribution in [-0.4, -0.2) is 27.9 Å². The zero-order chi connectivity index (χ0) is 33.2. The van der Waals surface area contributed by atoms with Crippen molar-refractivity contribution in [1.29, 1.82) is 0 Å². The van der Waals surface area contributed by atoms with Gasteiger partial charge in [0.15, 0.2) is 0 Å². The van der Waals surface area contributed by atoms with Gasteiger partial charge in [-0.05, 0) is 66.7 Å². The molecule has 0 aliphatic carbocycles. The van der Waals surface area contributed by atoms with Gasteiger partial charge in [-0.25, -0.2) is 14.5 Å². The van der Waals surface area contributed by atoms with Crippen molar-refractivity contribution in [2.45, 2.75) is 0 Å². The Morgan fingerprint density at radius 2 is 0.941 bits per heavy atom. The van der Waals surface area contributed by atoms with Crippen molar-refractivity contribution >= 4 is 98.0 Å². The highest BCUT2D eigenvalue weighted by molar-refractivity contribution is 7.26. The first-order valence-corrected chi connectivity index (χ1v) is 17.9. The molecule has 0 unspecified atom stereocenters. The molecule has 51 heavy (non-hydrogen) atoms. The molecule has 0 N–H and O–H groups in total. The average molecular weight is 671 g/mol. The van der Waals surface area contributed by atoms with Crippen molar-refractivity contribution < 1.29 is 0 Å². The topological polar surface area (TPSA) is 44.5 Å². The lowest BCUT2D eigenvalue weighted by Gasteiger charge is -2.10. The van der Waals surface area contributed by atoms with Gasteiger partial charge in [-0.2, -0.15) is 0 Å². The molecule has 6 nitrogen and oxygen atoms in total. The average Bonchev–Trinajstić information content (AvgIpc) is 3.93. The summed E-state index contributed by atoms with van der Waals surface area (Å²) in [5.74, 6) is 1.61. The zero-order valence-electron chi connectivity index (χ0n) is 27.1. The Labute approximate surface area is 293 Å². The second-order valence-corrected chi connectivity index (χ2v) is 14.2. The summed E-state index contributed by atoms with van der Waals surface area (Å²) in [6.45, 7) is 0. The Balaban J connectivity index is 1.33. The van der Waals surface area contributed by atoms with Gasteiger partial charge >= 0.3 is 0 Å². The fourth-order valence-electron chi connectivity index (χ4n) is 8.23. The number of aromatic nitrogens is 6. The summed E-state index contributed by atoms with van der Waals surface area (Å²) in [7, 11) is 0. The molecule has 7 heteroatoms. The summed E-state index contributed by atoms with van der Waals surface area (Å²) in [6.07, 6.45) is 0. The third-order valence-corrected chi connectivity index (χ3v) is 11.6. The highest BCUT2D eigenvalue weighted by Crippen LogP contribution is 2.40. The minimum Gasteiger partial charge on any atom is -0.309 e. The summed E-state index contributed by atoms with van der Waals surface area (Å²) < 4.78 is 11.8. The molecule has 0 saturated carbocycles. The van der Waals surface area contributed by atoms with Crippen molar-refractivity contribution in [3.63, 3.8) is 0 Å². The molecular weight excluding hydrogens is 645 g/mol. The summed E-state index contributed by atoms with van der Waals surface area (Å²) in [6, 6.07) is 56.3. The Morgan fingerprint density at radius 1 is 0.392 bits per heavy atom. The molecule has 0 radical (unpaired) electrons. The van der Waals surface area contributed by atoms with E-state index in [0.29, 0.717) is 0 Å². The van der Waals surface area contributed by atoms with Crippen molar-refractivity contribution in [3.8, 4) is 11.4 Å². The van der Waals surface area contributed by atoms with Gasteiger partial charge in [-0.3, -0.25) is 8.80 Å². The van der Waals surface area contributed by atoms with Gasteiger partial charge in [-0.1, -0.05) is 91.0 Å². The van der Waals surface area contributed by atoms with E-state index in [4.69, 9.17) is 9.97 Å². The number of nitrogens with zero attached hydrogens (tertiary/aromatic N) is 6. The number of hydrogen-bond acceptors (Lipinski definition) is 3. The molecule has 7 aromatic carbocycles. The molecule has 0 spiro atoms. The predicted molar refractivity (Wildman–Crippen MR) is 212 cm³/mol. The standard InChI is InChI=1S/C44H26N6S/c1-6-18-34-28(12-1)29-13-2-7-19-35(29)47(34)27-24-25-38-40(26-27)49-37-21-9-5-17-33(37)46-44(49)50(43-45-32-16-4-8-20-36(32)48(38)43)39-22-11-15-31-30-14-3-10-23-41(30)51-42(31)39/h1-26H. The molecular formula is C44H26N6S. The van der Waals surface area contributed by atoms with Gasteiger partial charge in [0.05, 0.1) is 54.5 Å². The molecule has 12 rings (SSSR count). The molecule has 0 amide bonds. The molecule has 12 aromatic rings. The van der Waals surface area contributed by atoms with Gasteiger partial charge in [-0.15, -0.1) is 11.3 Å². The Morgan fingerprint density at radius 3 is 1.63 bits per heavy atom. The van der Waals surface area contributed by atoms with Crippen molar-refractivity contribution in [2.24, 2.45) is 0 Å². The van der Waals surface area contributed by atoms with Crippen LogP contribution in [0.5, 0.6) is 0 Å². The van der Waals surface area contributed by atoms with Crippen molar-refractivity contribution in [2.75, 3.05) is 0 Å². The lowest BCUT2D eigenvalue weighted by molar-refractivity contribution is 1.04. The van der Waals surface area contributed by atoms with Crippen LogP contribution in [0.15, 0.2) is 158 Å². The molecule has 0 aliphatic heterocycles. The maximum Gasteiger partial charge on any atom is 0.223 e. The Bertz CT molecular complexity index is 3390. The van der Waals surface area contributed by atoms with E-state index in [0.717, 1.165) is 56.0 Å². The quantitative estimate of drug-likeness (QED) is 0.184. The molecule has 5 aromatic heterocycles. The molecule has 0 aliphatic rings. The Hall–Kier alpha value is -6.70. The highest BCUT2D eigenvalue weighted by Gasteiger charge is 2.22. The number of fused-ring (bicyclic) bond motifs is 15. The third-order valence-electron chi connectivity index (χ3n) is 10.4. The molecule has 5 heterocycles. The summed E-state index contributed by atoms with van der Waals surface area (Å²) in [4.78, 5) is 10.8. The fourth-order valence-corrected chi connectivity index (χ4v) is 9.44. The number of benzene rings is 7. The summed E-state index contributed by atoms with van der Waals surface area (Å²) in [5.41, 5.74) is 10.5. The first kappa shape index (κ1) is 27.2. The van der Waals surface area contributed by atoms with Gasteiger partial charge in [0, 0.05) is 31.9 Å². The first-order valence-electron chi connectivity index (χ1n) is 17.1. The molecule has 238 valence electrons. The van der Waals surface area contributed by atoms with E-state index in [2.05, 4.69) is 176 Å². The minimum atomic E-state index is 0.802. The molecule has 0 saturated heterocycles. The molecule has 0 fully saturated rings. The van der Waals surface area contributed by atoms with Crippen LogP contribution in [0.4, 0.5) is 0 Å². The van der Waals surface area contributed by atoms with Crippen LogP contribution in [0, 0.1) is 0 Å². The van der Waals surface area contributed by atoms with Gasteiger partial charge in [0.25, 0.3) is 0 Å². The predicted octanol–water partition coefficient (Wildman–Crippen LogP) is 11.3. The fraction of sp³-hybridized carbons (Fsp3) is 0. The van der Waals surface area contributed by atoms with Crippen LogP contribution >= 0.6 is 11.3 Å². The summed E-state index contributed by atoms with van der Waals surface area (Å²) >= 11 is 1.82. The van der Waals surface area contributed by atoms with Crippen molar-refractivity contribution in [1.82, 2.24) is 27.9 Å². The minimum absolute atomic E-state index is 0.802. The maximum absolute atomic E-state index is 5.43. The lowest BCUT2D eigenvalue weighted by atomic mass is 10.1. The van der Waals surface area contributed by atoms with Gasteiger partial charge in [0.1, 0.15) is 0 Å². The van der Waals surface area contributed by atoms with Crippen LogP contribution in [-0.2, 0) is 0 Å². The molecule has 0 atom stereocenters. The largest absolute Gasteiger partial charge is 0.309 e. The second-order valence-electron chi connectivity index (χ2n) is 13.1. The first-order chi connectivity index (χ1) is 25.3. The number of thiophene rings is 1. The van der Waals surface area contributed by atoms with E-state index < -0.39 is 0 Å². The van der Waals surface area contributed by atoms with Crippen LogP contribution in [0.1, 0.15) is 0 Å². The number of hydrogen-bond donors (Lipinski definition) is 0. The molecule has 0 bridgehead atoms. The van der Waals surface area contributed by atoms with Crippen LogP contribution in [0.2, 0.25) is 0 Å². The van der Waals surface area contributed by atoms with E-state index in [1.807, 2.05) is 11.3 Å². The van der Waals surface area contributed by atoms with E-state index in [1.54, 1.807) is 0 Å². The number of imidazole rings is 2. The Kier molecular flexibility index (Phi) is 5.29. The normalized spacial score (nSPS) is 12.3. The maximum atomic E-state index is 5.43. The van der Waals surface area contributed by atoms with E-state index in [1.165, 1.54) is 42.0 Å². The van der Waals surface area contributed by atoms with Crippen molar-refractivity contribution in [3.05, 3.63) is 158 Å². The van der Waals surface area contributed by atoms with E-state index in [-0.39, 0.29) is 0 Å². The van der Waals surface area contributed by atoms with Gasteiger partial charge in [0.2, 0.25) is 11.6 Å². The smallest absolute Gasteiger partial charge is 0.223 e. The summed E-state index contributed by atoms with van der Waals surface area (Å²) in [5, 5.41) is 4.97. The number of para-hydroxylation sites is 6. The van der Waals surface area contributed by atoms with E-state index >= 15 is 0 Å². The second kappa shape index (κ2) is 9.94. The van der Waals surface area contributed by atoms with Crippen LogP contribution in [0.25, 0.3) is 98.0 Å². The van der Waals surface area contributed by atoms with E-state index in [9.17, 15) is 0 Å². The monoisotopic (exact) mass is 670 g/mol. The third kappa shape index (κ3) is 3.60. The van der Waals surface area contributed by atoms with Gasteiger partial charge < -0.3 is 4.57 Å². The lowest BCUT2D eigenvalue weighted by Crippen LogP contribution is -2.02. The zero-order valence-corrected chi connectivity index (χ0v) is 27.9. The highest BCUT2D eigenvalue weighted by atomic mass is 32.1.